The van der Waals surface area contributed by atoms with Gasteiger partial charge in [0.25, 0.3) is 0 Å². The molecule has 0 atom stereocenters. The van der Waals surface area contributed by atoms with Gasteiger partial charge in [-0.25, -0.2) is 0 Å². The third-order valence-corrected chi connectivity index (χ3v) is 1.55. The van der Waals surface area contributed by atoms with E-state index in [-0.39, 0.29) is 5.78 Å². The average Bonchev–Trinajstić information content (AvgIpc) is 2.14. The van der Waals surface area contributed by atoms with Crippen LogP contribution >= 0.6 is 0 Å². The Bertz CT molecular complexity index is 353. The van der Waals surface area contributed by atoms with Crippen molar-refractivity contribution in [3.05, 3.63) is 48.6 Å². The summed E-state index contributed by atoms with van der Waals surface area (Å²) >= 11 is 0. The Morgan fingerprint density at radius 2 is 2.23 bits per heavy atom. The summed E-state index contributed by atoms with van der Waals surface area (Å²) in [5, 5.41) is 0. The second-order valence-corrected chi connectivity index (χ2v) is 2.61. The summed E-state index contributed by atoms with van der Waals surface area (Å²) < 4.78 is 0. The van der Waals surface area contributed by atoms with Gasteiger partial charge in [0.05, 0.1) is 0 Å². The number of ketones is 1. The average molecular weight is 173 g/mol. The maximum absolute atomic E-state index is 10.8. The first-order valence-electron chi connectivity index (χ1n) is 3.92. The number of nitrogen functional groups attached to an aromatic ring is 1. The summed E-state index contributed by atoms with van der Waals surface area (Å²) in [5.74, 6) is -0.109. The van der Waals surface area contributed by atoms with Crippen LogP contribution in [0.1, 0.15) is 5.56 Å². The lowest BCUT2D eigenvalue weighted by molar-refractivity contribution is -0.110. The molecule has 0 amide bonds. The first-order valence-corrected chi connectivity index (χ1v) is 3.92. The zero-order chi connectivity index (χ0) is 9.68. The van der Waals surface area contributed by atoms with Crippen LogP contribution in [0.2, 0.25) is 0 Å². The Morgan fingerprint density at radius 1 is 1.46 bits per heavy atom. The van der Waals surface area contributed by atoms with E-state index < -0.39 is 0 Å². The Hall–Kier alpha value is -1.83. The number of nitrogens with two attached hydrogens (primary N) is 1. The van der Waals surface area contributed by atoms with Gasteiger partial charge in [0.2, 0.25) is 0 Å². The van der Waals surface area contributed by atoms with Crippen LogP contribution < -0.4 is 5.73 Å². The normalized spacial score (nSPS) is 10.2. The molecule has 0 saturated carbocycles. The topological polar surface area (TPSA) is 43.1 Å². The second kappa shape index (κ2) is 4.26. The van der Waals surface area contributed by atoms with Gasteiger partial charge in [0, 0.05) is 5.69 Å². The lowest BCUT2D eigenvalue weighted by Gasteiger charge is -1.94. The highest BCUT2D eigenvalue weighted by Gasteiger charge is 1.89. The lowest BCUT2D eigenvalue weighted by Crippen LogP contribution is -1.85. The Morgan fingerprint density at radius 3 is 2.85 bits per heavy atom. The fraction of sp³-hybridized carbons (Fsp3) is 0. The van der Waals surface area contributed by atoms with Crippen molar-refractivity contribution >= 4 is 17.5 Å². The highest BCUT2D eigenvalue weighted by Crippen LogP contribution is 2.07. The Balaban J connectivity index is 2.79. The third-order valence-electron chi connectivity index (χ3n) is 1.55. The van der Waals surface area contributed by atoms with Gasteiger partial charge in [0.15, 0.2) is 5.78 Å². The van der Waals surface area contributed by atoms with E-state index in [2.05, 4.69) is 6.58 Å². The molecule has 0 spiro atoms. The van der Waals surface area contributed by atoms with Crippen molar-refractivity contribution in [2.75, 3.05) is 5.73 Å². The Labute approximate surface area is 77.4 Å². The molecule has 0 aromatic heterocycles. The number of allylic oxidation sites excluding steroid dienone is 2. The van der Waals surface area contributed by atoms with Crippen molar-refractivity contribution in [3.63, 3.8) is 0 Å². The minimum Gasteiger partial charge on any atom is -0.399 e. The number of carbonyl (C=O) groups is 1. The van der Waals surface area contributed by atoms with Crippen LogP contribution in [0.15, 0.2) is 43.0 Å². The van der Waals surface area contributed by atoms with Crippen LogP contribution in [0, 0.1) is 0 Å². The minimum absolute atomic E-state index is 0.109. The molecule has 2 nitrogen and oxygen atoms in total. The van der Waals surface area contributed by atoms with Crippen molar-refractivity contribution in [1.29, 1.82) is 0 Å². The van der Waals surface area contributed by atoms with Crippen LogP contribution in [0.5, 0.6) is 0 Å². The van der Waals surface area contributed by atoms with E-state index in [0.29, 0.717) is 5.69 Å². The molecule has 13 heavy (non-hydrogen) atoms. The molecule has 0 aliphatic rings. The maximum atomic E-state index is 10.8. The molecule has 2 heteroatoms. The second-order valence-electron chi connectivity index (χ2n) is 2.61. The van der Waals surface area contributed by atoms with Crippen molar-refractivity contribution in [1.82, 2.24) is 0 Å². The predicted octanol–water partition coefficient (Wildman–Crippen LogP) is 2.04. The quantitative estimate of drug-likeness (QED) is 0.561. The van der Waals surface area contributed by atoms with E-state index in [9.17, 15) is 4.79 Å². The zero-order valence-corrected chi connectivity index (χ0v) is 7.23. The standard InChI is InChI=1S/C11H11NO/c1-2-11(13)7-6-9-4-3-5-10(12)8-9/h2-8H,1,12H2. The van der Waals surface area contributed by atoms with E-state index in [1.807, 2.05) is 12.1 Å². The van der Waals surface area contributed by atoms with Crippen LogP contribution in [0.4, 0.5) is 5.69 Å². The molecule has 0 bridgehead atoms. The van der Waals surface area contributed by atoms with Crippen molar-refractivity contribution < 1.29 is 4.79 Å². The molecule has 1 rings (SSSR count). The van der Waals surface area contributed by atoms with Gasteiger partial charge >= 0.3 is 0 Å². The van der Waals surface area contributed by atoms with Gasteiger partial charge < -0.3 is 5.73 Å². The summed E-state index contributed by atoms with van der Waals surface area (Å²) in [6.45, 7) is 3.36. The summed E-state index contributed by atoms with van der Waals surface area (Å²) in [6.07, 6.45) is 4.44. The van der Waals surface area contributed by atoms with Crippen LogP contribution in [-0.4, -0.2) is 5.78 Å². The van der Waals surface area contributed by atoms with Crippen molar-refractivity contribution in [2.45, 2.75) is 0 Å². The molecule has 0 heterocycles. The minimum atomic E-state index is -0.109. The van der Waals surface area contributed by atoms with Crippen LogP contribution in [0.3, 0.4) is 0 Å². The number of benzene rings is 1. The summed E-state index contributed by atoms with van der Waals surface area (Å²) in [5.41, 5.74) is 7.16. The van der Waals surface area contributed by atoms with E-state index in [0.717, 1.165) is 5.56 Å². The number of hydrogen-bond acceptors (Lipinski definition) is 2. The molecular weight excluding hydrogens is 162 g/mol. The largest absolute Gasteiger partial charge is 0.399 e. The molecule has 1 aromatic rings. The predicted molar refractivity (Wildman–Crippen MR) is 55.1 cm³/mol. The molecule has 0 fully saturated rings. The maximum Gasteiger partial charge on any atom is 0.178 e. The fourth-order valence-corrected chi connectivity index (χ4v) is 0.909. The van der Waals surface area contributed by atoms with Gasteiger partial charge in [-0.05, 0) is 29.8 Å². The summed E-state index contributed by atoms with van der Waals surface area (Å²) in [4.78, 5) is 10.8. The van der Waals surface area contributed by atoms with Gasteiger partial charge in [-0.15, -0.1) is 0 Å². The van der Waals surface area contributed by atoms with Gasteiger partial charge in [0.1, 0.15) is 0 Å². The highest BCUT2D eigenvalue weighted by atomic mass is 16.1. The van der Waals surface area contributed by atoms with Gasteiger partial charge in [-0.3, -0.25) is 4.79 Å². The number of rotatable bonds is 3. The van der Waals surface area contributed by atoms with Crippen molar-refractivity contribution in [3.8, 4) is 0 Å². The van der Waals surface area contributed by atoms with Crippen LogP contribution in [0.25, 0.3) is 6.08 Å². The number of carbonyl (C=O) groups excluding carboxylic acids is 1. The van der Waals surface area contributed by atoms with Crippen molar-refractivity contribution in [2.24, 2.45) is 0 Å². The SMILES string of the molecule is C=CC(=O)C=Cc1cccc(N)c1. The zero-order valence-electron chi connectivity index (χ0n) is 7.23. The summed E-state index contributed by atoms with van der Waals surface area (Å²) in [7, 11) is 0. The first-order chi connectivity index (χ1) is 6.22. The fourth-order valence-electron chi connectivity index (χ4n) is 0.909. The number of anilines is 1. The molecule has 0 saturated heterocycles. The molecule has 0 aliphatic carbocycles. The Kier molecular flexibility index (Phi) is 3.03. The molecule has 2 N–H and O–H groups in total. The van der Waals surface area contributed by atoms with Gasteiger partial charge in [-0.1, -0.05) is 24.8 Å². The van der Waals surface area contributed by atoms with E-state index in [1.165, 1.54) is 12.2 Å². The first kappa shape index (κ1) is 9.26. The molecule has 0 unspecified atom stereocenters. The molecule has 0 aliphatic heterocycles. The third kappa shape index (κ3) is 2.95. The van der Waals surface area contributed by atoms with Gasteiger partial charge in [-0.2, -0.15) is 0 Å². The number of hydrogen-bond donors (Lipinski definition) is 1. The van der Waals surface area contributed by atoms with E-state index in [4.69, 9.17) is 5.73 Å². The molecule has 66 valence electrons. The molecule has 0 radical (unpaired) electrons. The lowest BCUT2D eigenvalue weighted by atomic mass is 10.2. The van der Waals surface area contributed by atoms with E-state index >= 15 is 0 Å². The molecule has 1 aromatic carbocycles. The summed E-state index contributed by atoms with van der Waals surface area (Å²) in [6, 6.07) is 7.32. The molecular formula is C11H11NO. The highest BCUT2D eigenvalue weighted by molar-refractivity contribution is 6.01. The smallest absolute Gasteiger partial charge is 0.178 e. The van der Waals surface area contributed by atoms with Crippen LogP contribution in [-0.2, 0) is 4.79 Å². The monoisotopic (exact) mass is 173 g/mol. The van der Waals surface area contributed by atoms with E-state index in [1.54, 1.807) is 18.2 Å².